The van der Waals surface area contributed by atoms with Gasteiger partial charge in [-0.1, -0.05) is 30.3 Å². The van der Waals surface area contributed by atoms with Crippen LogP contribution < -0.4 is 15.8 Å². The topological polar surface area (TPSA) is 77.1 Å². The van der Waals surface area contributed by atoms with Gasteiger partial charge in [-0.2, -0.15) is 4.98 Å². The van der Waals surface area contributed by atoms with Crippen LogP contribution >= 0.6 is 0 Å². The number of likely N-dealkylation sites (N-methyl/N-ethyl adjacent to an activating group) is 1. The lowest BCUT2D eigenvalue weighted by atomic mass is 10.0. The Morgan fingerprint density at radius 3 is 2.48 bits per heavy atom. The van der Waals surface area contributed by atoms with Crippen LogP contribution in [0.3, 0.4) is 0 Å². The Kier molecular flexibility index (Phi) is 5.56. The molecule has 1 aliphatic heterocycles. The predicted molar refractivity (Wildman–Crippen MR) is 135 cm³/mol. The molecule has 2 aromatic heterocycles. The molecule has 2 N–H and O–H groups in total. The van der Waals surface area contributed by atoms with Crippen LogP contribution in [0.2, 0.25) is 0 Å². The molecule has 1 aliphatic rings. The fourth-order valence-electron chi connectivity index (χ4n) is 4.50. The van der Waals surface area contributed by atoms with Crippen molar-refractivity contribution in [1.82, 2.24) is 19.9 Å². The van der Waals surface area contributed by atoms with Crippen LogP contribution in [-0.2, 0) is 0 Å². The molecular weight excluding hydrogens is 412 g/mol. The van der Waals surface area contributed by atoms with Gasteiger partial charge >= 0.3 is 0 Å². The number of nitrogens with zero attached hydrogens (tertiary/aromatic N) is 4. The van der Waals surface area contributed by atoms with Gasteiger partial charge in [0.25, 0.3) is 5.56 Å². The molecule has 0 radical (unpaired) electrons. The highest BCUT2D eigenvalue weighted by molar-refractivity contribution is 5.86. The van der Waals surface area contributed by atoms with Crippen LogP contribution in [0.15, 0.2) is 59.5 Å². The summed E-state index contributed by atoms with van der Waals surface area (Å²) in [5.41, 5.74) is 6.19. The van der Waals surface area contributed by atoms with Crippen molar-refractivity contribution in [3.05, 3.63) is 76.2 Å². The maximum absolute atomic E-state index is 12.8. The van der Waals surface area contributed by atoms with Gasteiger partial charge in [0.05, 0.1) is 5.56 Å². The molecular formula is C26H28N6O. The molecule has 0 unspecified atom stereocenters. The molecule has 168 valence electrons. The molecule has 3 heterocycles. The van der Waals surface area contributed by atoms with E-state index >= 15 is 0 Å². The zero-order valence-corrected chi connectivity index (χ0v) is 19.2. The molecule has 1 fully saturated rings. The fraction of sp³-hybridized carbons (Fsp3) is 0.269. The van der Waals surface area contributed by atoms with Gasteiger partial charge in [0, 0.05) is 49.1 Å². The van der Waals surface area contributed by atoms with Crippen molar-refractivity contribution in [2.75, 3.05) is 43.4 Å². The second kappa shape index (κ2) is 8.67. The zero-order valence-electron chi connectivity index (χ0n) is 19.2. The van der Waals surface area contributed by atoms with Crippen LogP contribution in [0.4, 0.5) is 17.3 Å². The highest BCUT2D eigenvalue weighted by atomic mass is 16.1. The van der Waals surface area contributed by atoms with Crippen LogP contribution in [-0.4, -0.2) is 53.1 Å². The smallest absolute Gasteiger partial charge is 0.257 e. The average Bonchev–Trinajstić information content (AvgIpc) is 2.80. The number of rotatable bonds is 4. The van der Waals surface area contributed by atoms with Gasteiger partial charge < -0.3 is 20.1 Å². The van der Waals surface area contributed by atoms with E-state index in [-0.39, 0.29) is 5.56 Å². The summed E-state index contributed by atoms with van der Waals surface area (Å²) >= 11 is 0. The lowest BCUT2D eigenvalue weighted by molar-refractivity contribution is 0.312. The number of fused-ring (bicyclic) bond motifs is 1. The Labute approximate surface area is 193 Å². The summed E-state index contributed by atoms with van der Waals surface area (Å²) in [4.78, 5) is 29.7. The van der Waals surface area contributed by atoms with E-state index in [0.717, 1.165) is 48.4 Å². The quantitative estimate of drug-likeness (QED) is 0.498. The van der Waals surface area contributed by atoms with Crippen molar-refractivity contribution in [3.63, 3.8) is 0 Å². The fourth-order valence-corrected chi connectivity index (χ4v) is 4.50. The average molecular weight is 441 g/mol. The number of aryl methyl sites for hydroxylation is 2. The summed E-state index contributed by atoms with van der Waals surface area (Å²) < 4.78 is 0. The number of pyridine rings is 1. The molecule has 0 spiro atoms. The van der Waals surface area contributed by atoms with Gasteiger partial charge in [0.1, 0.15) is 5.65 Å². The van der Waals surface area contributed by atoms with E-state index < -0.39 is 0 Å². The Morgan fingerprint density at radius 2 is 1.76 bits per heavy atom. The maximum Gasteiger partial charge on any atom is 0.257 e. The Balaban J connectivity index is 1.42. The van der Waals surface area contributed by atoms with Crippen LogP contribution in [0.5, 0.6) is 0 Å². The standard InChI is InChI=1S/C26H28N6O/c1-17-15-20(9-10-22(17)32-13-11-31(3)12-14-32)28-26-27-16-21-18(2)23(19-7-5-4-6-8-19)25(33)29-24(21)30-26/h4-10,15-16H,11-14H2,1-3H3,(H2,27,28,29,30,33). The van der Waals surface area contributed by atoms with Gasteiger partial charge in [-0.15, -0.1) is 0 Å². The number of aromatic amines is 1. The molecule has 1 saturated heterocycles. The largest absolute Gasteiger partial charge is 0.369 e. The van der Waals surface area contributed by atoms with E-state index in [1.165, 1.54) is 11.3 Å². The van der Waals surface area contributed by atoms with E-state index in [2.05, 4.69) is 62.2 Å². The summed E-state index contributed by atoms with van der Waals surface area (Å²) in [6.45, 7) is 8.30. The van der Waals surface area contributed by atoms with Crippen molar-refractivity contribution >= 4 is 28.4 Å². The molecule has 5 rings (SSSR count). The summed E-state index contributed by atoms with van der Waals surface area (Å²) in [6, 6.07) is 16.0. The number of hydrogen-bond acceptors (Lipinski definition) is 6. The highest BCUT2D eigenvalue weighted by Crippen LogP contribution is 2.27. The first-order chi connectivity index (χ1) is 16.0. The van der Waals surface area contributed by atoms with E-state index in [1.807, 2.05) is 37.3 Å². The number of hydrogen-bond donors (Lipinski definition) is 2. The Morgan fingerprint density at radius 1 is 1.00 bits per heavy atom. The van der Waals surface area contributed by atoms with Crippen molar-refractivity contribution in [1.29, 1.82) is 0 Å². The molecule has 0 amide bonds. The minimum Gasteiger partial charge on any atom is -0.369 e. The number of benzene rings is 2. The monoisotopic (exact) mass is 440 g/mol. The molecule has 0 atom stereocenters. The molecule has 7 nitrogen and oxygen atoms in total. The van der Waals surface area contributed by atoms with Crippen molar-refractivity contribution < 1.29 is 0 Å². The van der Waals surface area contributed by atoms with Crippen molar-refractivity contribution in [2.45, 2.75) is 13.8 Å². The van der Waals surface area contributed by atoms with Crippen LogP contribution in [0.25, 0.3) is 22.2 Å². The van der Waals surface area contributed by atoms with Crippen LogP contribution in [0.1, 0.15) is 11.1 Å². The lowest BCUT2D eigenvalue weighted by Gasteiger charge is -2.35. The first-order valence-electron chi connectivity index (χ1n) is 11.3. The third kappa shape index (κ3) is 4.19. The summed E-state index contributed by atoms with van der Waals surface area (Å²) in [7, 11) is 2.16. The second-order valence-corrected chi connectivity index (χ2v) is 8.69. The number of H-pyrrole nitrogens is 1. The third-order valence-electron chi connectivity index (χ3n) is 6.39. The Bertz CT molecular complexity index is 1360. The maximum atomic E-state index is 12.8. The lowest BCUT2D eigenvalue weighted by Crippen LogP contribution is -2.44. The summed E-state index contributed by atoms with van der Waals surface area (Å²) in [5, 5.41) is 4.12. The normalized spacial score (nSPS) is 14.6. The summed E-state index contributed by atoms with van der Waals surface area (Å²) in [5.74, 6) is 0.455. The minimum atomic E-state index is -0.150. The number of anilines is 3. The van der Waals surface area contributed by atoms with E-state index in [4.69, 9.17) is 0 Å². The number of piperazine rings is 1. The van der Waals surface area contributed by atoms with Gasteiger partial charge in [-0.25, -0.2) is 4.98 Å². The second-order valence-electron chi connectivity index (χ2n) is 8.69. The van der Waals surface area contributed by atoms with E-state index in [1.54, 1.807) is 6.20 Å². The SMILES string of the molecule is Cc1cc(Nc2ncc3c(C)c(-c4ccccc4)c(=O)[nH]c3n2)ccc1N1CCN(C)CC1. The van der Waals surface area contributed by atoms with Gasteiger partial charge in [0.15, 0.2) is 0 Å². The van der Waals surface area contributed by atoms with Gasteiger partial charge in [-0.3, -0.25) is 4.79 Å². The molecule has 2 aromatic carbocycles. The molecule has 4 aromatic rings. The number of aromatic nitrogens is 3. The van der Waals surface area contributed by atoms with Crippen molar-refractivity contribution in [3.8, 4) is 11.1 Å². The molecule has 0 bridgehead atoms. The number of nitrogens with one attached hydrogen (secondary N) is 2. The van der Waals surface area contributed by atoms with E-state index in [0.29, 0.717) is 17.2 Å². The van der Waals surface area contributed by atoms with Crippen molar-refractivity contribution in [2.24, 2.45) is 0 Å². The Hall–Kier alpha value is -3.71. The molecule has 7 heteroatoms. The first-order valence-corrected chi connectivity index (χ1v) is 11.3. The zero-order chi connectivity index (χ0) is 22.9. The third-order valence-corrected chi connectivity index (χ3v) is 6.39. The molecule has 33 heavy (non-hydrogen) atoms. The molecule has 0 aliphatic carbocycles. The molecule has 0 saturated carbocycles. The highest BCUT2D eigenvalue weighted by Gasteiger charge is 2.16. The van der Waals surface area contributed by atoms with Gasteiger partial charge in [0.2, 0.25) is 5.95 Å². The first kappa shape index (κ1) is 21.2. The summed E-state index contributed by atoms with van der Waals surface area (Å²) in [6.07, 6.45) is 1.77. The van der Waals surface area contributed by atoms with Gasteiger partial charge in [-0.05, 0) is 55.8 Å². The minimum absolute atomic E-state index is 0.150. The van der Waals surface area contributed by atoms with E-state index in [9.17, 15) is 4.79 Å². The predicted octanol–water partition coefficient (Wildman–Crippen LogP) is 4.10. The van der Waals surface area contributed by atoms with Crippen LogP contribution in [0, 0.1) is 13.8 Å².